The van der Waals surface area contributed by atoms with Crippen LogP contribution in [-0.4, -0.2) is 30.1 Å². The van der Waals surface area contributed by atoms with Crippen LogP contribution < -0.4 is 5.32 Å². The van der Waals surface area contributed by atoms with Gasteiger partial charge in [0, 0.05) is 30.2 Å². The van der Waals surface area contributed by atoms with Crippen molar-refractivity contribution in [3.8, 4) is 0 Å². The van der Waals surface area contributed by atoms with E-state index in [2.05, 4.69) is 10.3 Å². The Bertz CT molecular complexity index is 930. The van der Waals surface area contributed by atoms with Crippen LogP contribution in [0.4, 0.5) is 0 Å². The van der Waals surface area contributed by atoms with E-state index in [1.54, 1.807) is 18.2 Å². The van der Waals surface area contributed by atoms with E-state index < -0.39 is 0 Å². The molecular formula is C21H21ClN2O3. The zero-order valence-electron chi connectivity index (χ0n) is 14.9. The first-order valence-corrected chi connectivity index (χ1v) is 9.59. The van der Waals surface area contributed by atoms with Crippen molar-refractivity contribution in [2.75, 3.05) is 13.2 Å². The maximum Gasteiger partial charge on any atom is 0.251 e. The van der Waals surface area contributed by atoms with E-state index in [0.29, 0.717) is 40.5 Å². The lowest BCUT2D eigenvalue weighted by Crippen LogP contribution is -2.35. The molecule has 1 atom stereocenters. The average Bonchev–Trinajstić information content (AvgIpc) is 3.10. The molecule has 1 aliphatic rings. The standard InChI is InChI=1S/C21H21ClN2O3/c22-16-7-4-14(5-8-16)11-20-24-18-12-15(6-9-19(18)27-20)21(25)23-13-17-3-1-2-10-26-17/h4-9,12,17H,1-3,10-11,13H2,(H,23,25). The molecule has 6 heteroatoms. The maximum absolute atomic E-state index is 12.4. The monoisotopic (exact) mass is 384 g/mol. The molecule has 0 saturated carbocycles. The number of hydrogen-bond acceptors (Lipinski definition) is 4. The summed E-state index contributed by atoms with van der Waals surface area (Å²) in [5, 5.41) is 3.65. The lowest BCUT2D eigenvalue weighted by Gasteiger charge is -2.22. The van der Waals surface area contributed by atoms with Gasteiger partial charge in [0.05, 0.1) is 6.10 Å². The average molecular weight is 385 g/mol. The lowest BCUT2D eigenvalue weighted by atomic mass is 10.1. The number of nitrogens with one attached hydrogen (secondary N) is 1. The SMILES string of the molecule is O=C(NCC1CCCCO1)c1ccc2oc(Cc3ccc(Cl)cc3)nc2c1. The van der Waals surface area contributed by atoms with Gasteiger partial charge in [-0.05, 0) is 55.2 Å². The van der Waals surface area contributed by atoms with Crippen molar-refractivity contribution in [3.05, 3.63) is 64.5 Å². The quantitative estimate of drug-likeness (QED) is 0.709. The van der Waals surface area contributed by atoms with Crippen LogP contribution in [0.5, 0.6) is 0 Å². The van der Waals surface area contributed by atoms with E-state index in [1.807, 2.05) is 24.3 Å². The molecule has 0 aliphatic carbocycles. The van der Waals surface area contributed by atoms with Gasteiger partial charge in [-0.2, -0.15) is 0 Å². The second-order valence-electron chi connectivity index (χ2n) is 6.79. The van der Waals surface area contributed by atoms with Crippen molar-refractivity contribution in [2.24, 2.45) is 0 Å². The van der Waals surface area contributed by atoms with E-state index in [-0.39, 0.29) is 12.0 Å². The predicted molar refractivity (Wildman–Crippen MR) is 104 cm³/mol. The summed E-state index contributed by atoms with van der Waals surface area (Å²) in [6.07, 6.45) is 3.95. The van der Waals surface area contributed by atoms with Crippen LogP contribution in [0.2, 0.25) is 5.02 Å². The minimum atomic E-state index is -0.117. The van der Waals surface area contributed by atoms with Crippen molar-refractivity contribution in [1.82, 2.24) is 10.3 Å². The summed E-state index contributed by atoms with van der Waals surface area (Å²) >= 11 is 5.92. The molecule has 4 rings (SSSR count). The van der Waals surface area contributed by atoms with Crippen molar-refractivity contribution < 1.29 is 13.9 Å². The lowest BCUT2D eigenvalue weighted by molar-refractivity contribution is 0.0169. The number of oxazole rings is 1. The minimum absolute atomic E-state index is 0.115. The van der Waals surface area contributed by atoms with Crippen LogP contribution in [-0.2, 0) is 11.2 Å². The number of amides is 1. The number of rotatable bonds is 5. The van der Waals surface area contributed by atoms with Crippen molar-refractivity contribution in [1.29, 1.82) is 0 Å². The van der Waals surface area contributed by atoms with Gasteiger partial charge < -0.3 is 14.5 Å². The summed E-state index contributed by atoms with van der Waals surface area (Å²) in [5.74, 6) is 0.494. The molecule has 27 heavy (non-hydrogen) atoms. The van der Waals surface area contributed by atoms with Gasteiger partial charge in [0.2, 0.25) is 0 Å². The van der Waals surface area contributed by atoms with Crippen LogP contribution in [0.3, 0.4) is 0 Å². The highest BCUT2D eigenvalue weighted by Gasteiger charge is 2.16. The Morgan fingerprint density at radius 3 is 2.81 bits per heavy atom. The van der Waals surface area contributed by atoms with Crippen LogP contribution in [0.1, 0.15) is 41.1 Å². The molecule has 140 valence electrons. The van der Waals surface area contributed by atoms with Crippen LogP contribution in [0.15, 0.2) is 46.9 Å². The molecule has 1 amide bonds. The zero-order valence-corrected chi connectivity index (χ0v) is 15.7. The van der Waals surface area contributed by atoms with Crippen molar-refractivity contribution >= 4 is 28.6 Å². The molecule has 5 nitrogen and oxygen atoms in total. The number of benzene rings is 2. The summed E-state index contributed by atoms with van der Waals surface area (Å²) in [5.41, 5.74) is 2.99. The molecule has 1 saturated heterocycles. The first kappa shape index (κ1) is 18.0. The fourth-order valence-electron chi connectivity index (χ4n) is 3.25. The molecule has 1 aromatic heterocycles. The Kier molecular flexibility index (Phi) is 5.41. The van der Waals surface area contributed by atoms with E-state index in [0.717, 1.165) is 31.4 Å². The van der Waals surface area contributed by atoms with Crippen LogP contribution >= 0.6 is 11.6 Å². The molecule has 0 spiro atoms. The fraction of sp³-hybridized carbons (Fsp3) is 0.333. The third kappa shape index (κ3) is 4.49. The minimum Gasteiger partial charge on any atom is -0.440 e. The van der Waals surface area contributed by atoms with Crippen LogP contribution in [0, 0.1) is 0 Å². The Labute approximate surface area is 162 Å². The first-order valence-electron chi connectivity index (χ1n) is 9.21. The molecule has 3 aromatic rings. The highest BCUT2D eigenvalue weighted by atomic mass is 35.5. The summed E-state index contributed by atoms with van der Waals surface area (Å²) in [6.45, 7) is 1.32. The van der Waals surface area contributed by atoms with Gasteiger partial charge >= 0.3 is 0 Å². The molecular weight excluding hydrogens is 364 g/mol. The highest BCUT2D eigenvalue weighted by molar-refractivity contribution is 6.30. The zero-order chi connectivity index (χ0) is 18.6. The number of ether oxygens (including phenoxy) is 1. The molecule has 0 bridgehead atoms. The van der Waals surface area contributed by atoms with Gasteiger partial charge in [-0.25, -0.2) is 4.98 Å². The number of nitrogens with zero attached hydrogens (tertiary/aromatic N) is 1. The summed E-state index contributed by atoms with van der Waals surface area (Å²) in [6, 6.07) is 12.9. The third-order valence-corrected chi connectivity index (χ3v) is 4.98. The van der Waals surface area contributed by atoms with Gasteiger partial charge in [-0.1, -0.05) is 23.7 Å². The number of carbonyl (C=O) groups is 1. The molecule has 0 radical (unpaired) electrons. The summed E-state index contributed by atoms with van der Waals surface area (Å²) in [4.78, 5) is 16.9. The van der Waals surface area contributed by atoms with E-state index in [9.17, 15) is 4.79 Å². The molecule has 1 N–H and O–H groups in total. The Morgan fingerprint density at radius 2 is 2.04 bits per heavy atom. The number of halogens is 1. The Balaban J connectivity index is 1.43. The second kappa shape index (κ2) is 8.11. The topological polar surface area (TPSA) is 64.4 Å². The van der Waals surface area contributed by atoms with Gasteiger partial charge in [-0.3, -0.25) is 4.79 Å². The van der Waals surface area contributed by atoms with Crippen molar-refractivity contribution in [3.63, 3.8) is 0 Å². The normalized spacial score (nSPS) is 17.1. The van der Waals surface area contributed by atoms with E-state index >= 15 is 0 Å². The Morgan fingerprint density at radius 1 is 1.19 bits per heavy atom. The number of carbonyl (C=O) groups excluding carboxylic acids is 1. The van der Waals surface area contributed by atoms with E-state index in [1.165, 1.54) is 0 Å². The molecule has 2 heterocycles. The number of hydrogen-bond donors (Lipinski definition) is 1. The van der Waals surface area contributed by atoms with Gasteiger partial charge in [-0.15, -0.1) is 0 Å². The smallest absolute Gasteiger partial charge is 0.251 e. The van der Waals surface area contributed by atoms with Crippen molar-refractivity contribution in [2.45, 2.75) is 31.8 Å². The van der Waals surface area contributed by atoms with E-state index in [4.69, 9.17) is 20.8 Å². The molecule has 2 aromatic carbocycles. The van der Waals surface area contributed by atoms with Gasteiger partial charge in [0.25, 0.3) is 5.91 Å². The third-order valence-electron chi connectivity index (χ3n) is 4.73. The summed E-state index contributed by atoms with van der Waals surface area (Å²) < 4.78 is 11.4. The number of fused-ring (bicyclic) bond motifs is 1. The maximum atomic E-state index is 12.4. The Hall–Kier alpha value is -2.37. The van der Waals surface area contributed by atoms with Crippen LogP contribution in [0.25, 0.3) is 11.1 Å². The van der Waals surface area contributed by atoms with Gasteiger partial charge in [0.1, 0.15) is 5.52 Å². The molecule has 1 fully saturated rings. The highest BCUT2D eigenvalue weighted by Crippen LogP contribution is 2.20. The summed E-state index contributed by atoms with van der Waals surface area (Å²) in [7, 11) is 0. The predicted octanol–water partition coefficient (Wildman–Crippen LogP) is 4.37. The first-order chi connectivity index (χ1) is 13.2. The fourth-order valence-corrected chi connectivity index (χ4v) is 3.37. The molecule has 1 aliphatic heterocycles. The second-order valence-corrected chi connectivity index (χ2v) is 7.23. The number of aromatic nitrogens is 1. The molecule has 1 unspecified atom stereocenters. The van der Waals surface area contributed by atoms with Gasteiger partial charge in [0.15, 0.2) is 11.5 Å². The largest absolute Gasteiger partial charge is 0.440 e.